The molecule has 0 bridgehead atoms. The summed E-state index contributed by atoms with van der Waals surface area (Å²) in [6.07, 6.45) is 0. The number of carbonyl (C=O) groups is 1. The molecule has 24 heavy (non-hydrogen) atoms. The molecular formula is C14H18N6OS3. The molecule has 0 atom stereocenters. The second kappa shape index (κ2) is 9.40. The number of nitrogens with one attached hydrogen (secondary N) is 4. The lowest BCUT2D eigenvalue weighted by atomic mass is 10.2. The fourth-order valence-electron chi connectivity index (χ4n) is 1.57. The zero-order chi connectivity index (χ0) is 17.4. The van der Waals surface area contributed by atoms with Gasteiger partial charge in [0.25, 0.3) is 0 Å². The fourth-order valence-corrected chi connectivity index (χ4v) is 3.34. The molecule has 0 fully saturated rings. The largest absolute Gasteiger partial charge is 0.362 e. The number of hydrogen-bond donors (Lipinski definition) is 4. The first-order chi connectivity index (χ1) is 11.6. The Hall–Kier alpha value is -1.91. The molecule has 10 heteroatoms. The lowest BCUT2D eigenvalue weighted by Crippen LogP contribution is -2.47. The Morgan fingerprint density at radius 1 is 1.25 bits per heavy atom. The number of aromatic nitrogens is 2. The molecule has 0 unspecified atom stereocenters. The Kier molecular flexibility index (Phi) is 7.22. The third-order valence-electron chi connectivity index (χ3n) is 2.69. The van der Waals surface area contributed by atoms with Gasteiger partial charge in [0.2, 0.25) is 11.0 Å². The van der Waals surface area contributed by atoms with Crippen molar-refractivity contribution >= 4 is 57.2 Å². The maximum absolute atomic E-state index is 11.7. The summed E-state index contributed by atoms with van der Waals surface area (Å²) in [6, 6.07) is 8.01. The molecule has 2 aromatic rings. The quantitative estimate of drug-likeness (QED) is 0.343. The Balaban J connectivity index is 1.76. The highest BCUT2D eigenvalue weighted by Gasteiger charge is 2.08. The molecule has 0 saturated carbocycles. The highest BCUT2D eigenvalue weighted by atomic mass is 32.2. The standard InChI is InChI=1S/C14H18N6OS3/c1-3-15-12(22)18-17-11(21)8-23-14-20-19-13(24-14)16-10-6-4-9(2)5-7-10/h4-7H,3,8H2,1-2H3,(H,16,19)(H,17,21)(H2,15,18,22). The van der Waals surface area contributed by atoms with Crippen molar-refractivity contribution < 1.29 is 4.79 Å². The first-order valence-electron chi connectivity index (χ1n) is 7.19. The molecule has 128 valence electrons. The number of thiocarbonyl (C=S) groups is 1. The molecule has 0 aliphatic heterocycles. The molecule has 0 saturated heterocycles. The van der Waals surface area contributed by atoms with Crippen LogP contribution in [0, 0.1) is 6.92 Å². The van der Waals surface area contributed by atoms with Gasteiger partial charge in [0.1, 0.15) is 0 Å². The van der Waals surface area contributed by atoms with E-state index < -0.39 is 0 Å². The van der Waals surface area contributed by atoms with Crippen molar-refractivity contribution in [1.29, 1.82) is 0 Å². The molecule has 0 radical (unpaired) electrons. The number of anilines is 2. The summed E-state index contributed by atoms with van der Waals surface area (Å²) in [5.41, 5.74) is 7.29. The number of aryl methyl sites for hydroxylation is 1. The summed E-state index contributed by atoms with van der Waals surface area (Å²) in [5, 5.41) is 15.3. The number of rotatable bonds is 6. The van der Waals surface area contributed by atoms with Gasteiger partial charge in [-0.3, -0.25) is 15.6 Å². The van der Waals surface area contributed by atoms with Crippen LogP contribution >= 0.6 is 35.3 Å². The number of thioether (sulfide) groups is 1. The van der Waals surface area contributed by atoms with E-state index >= 15 is 0 Å². The monoisotopic (exact) mass is 382 g/mol. The van der Waals surface area contributed by atoms with Crippen LogP contribution in [0.25, 0.3) is 0 Å². The zero-order valence-electron chi connectivity index (χ0n) is 13.3. The van der Waals surface area contributed by atoms with E-state index in [2.05, 4.69) is 31.7 Å². The van der Waals surface area contributed by atoms with Crippen LogP contribution in [0.1, 0.15) is 12.5 Å². The Morgan fingerprint density at radius 3 is 2.71 bits per heavy atom. The first kappa shape index (κ1) is 18.4. The predicted molar refractivity (Wildman–Crippen MR) is 103 cm³/mol. The van der Waals surface area contributed by atoms with Gasteiger partial charge in [0.05, 0.1) is 5.75 Å². The molecule has 0 spiro atoms. The van der Waals surface area contributed by atoms with Crippen molar-refractivity contribution in [3.63, 3.8) is 0 Å². The summed E-state index contributed by atoms with van der Waals surface area (Å²) >= 11 is 7.66. The van der Waals surface area contributed by atoms with Gasteiger partial charge < -0.3 is 10.6 Å². The number of hydrazine groups is 1. The summed E-state index contributed by atoms with van der Waals surface area (Å²) in [4.78, 5) is 11.7. The van der Waals surface area contributed by atoms with Gasteiger partial charge >= 0.3 is 0 Å². The second-order valence-corrected chi connectivity index (χ2v) is 7.29. The van der Waals surface area contributed by atoms with Gasteiger partial charge in [0, 0.05) is 12.2 Å². The van der Waals surface area contributed by atoms with Crippen LogP contribution in [0.4, 0.5) is 10.8 Å². The lowest BCUT2D eigenvalue weighted by molar-refractivity contribution is -0.119. The number of amides is 1. The number of nitrogens with zero attached hydrogens (tertiary/aromatic N) is 2. The molecule has 4 N–H and O–H groups in total. The highest BCUT2D eigenvalue weighted by Crippen LogP contribution is 2.27. The van der Waals surface area contributed by atoms with Crippen molar-refractivity contribution in [2.75, 3.05) is 17.6 Å². The van der Waals surface area contributed by atoms with Crippen LogP contribution in [0.5, 0.6) is 0 Å². The van der Waals surface area contributed by atoms with Crippen LogP contribution in [-0.2, 0) is 4.79 Å². The SMILES string of the molecule is CCNC(=S)NNC(=O)CSc1nnc(Nc2ccc(C)cc2)s1. The fraction of sp³-hybridized carbons (Fsp3) is 0.286. The molecule has 0 aliphatic rings. The van der Waals surface area contributed by atoms with Crippen LogP contribution in [0.2, 0.25) is 0 Å². The Bertz CT molecular complexity index is 688. The van der Waals surface area contributed by atoms with Crippen molar-refractivity contribution in [1.82, 2.24) is 26.4 Å². The lowest BCUT2D eigenvalue weighted by Gasteiger charge is -2.09. The van der Waals surface area contributed by atoms with E-state index in [0.29, 0.717) is 21.1 Å². The number of hydrogen-bond acceptors (Lipinski definition) is 7. The van der Waals surface area contributed by atoms with Crippen LogP contribution in [-0.4, -0.2) is 33.5 Å². The topological polar surface area (TPSA) is 91.0 Å². The van der Waals surface area contributed by atoms with E-state index in [4.69, 9.17) is 12.2 Å². The third-order valence-corrected chi connectivity index (χ3v) is 4.91. The average Bonchev–Trinajstić information content (AvgIpc) is 3.01. The summed E-state index contributed by atoms with van der Waals surface area (Å²) in [7, 11) is 0. The molecule has 1 aromatic heterocycles. The molecule has 7 nitrogen and oxygen atoms in total. The van der Waals surface area contributed by atoms with Crippen molar-refractivity contribution in [2.45, 2.75) is 18.2 Å². The van der Waals surface area contributed by atoms with Crippen LogP contribution in [0.15, 0.2) is 28.6 Å². The molecule has 1 aromatic carbocycles. The highest BCUT2D eigenvalue weighted by molar-refractivity contribution is 8.01. The minimum absolute atomic E-state index is 0.191. The van der Waals surface area contributed by atoms with Gasteiger partial charge in [-0.15, -0.1) is 10.2 Å². The van der Waals surface area contributed by atoms with Crippen LogP contribution in [0.3, 0.4) is 0 Å². The van der Waals surface area contributed by atoms with E-state index in [9.17, 15) is 4.79 Å². The van der Waals surface area contributed by atoms with Gasteiger partial charge in [-0.1, -0.05) is 40.8 Å². The maximum atomic E-state index is 11.7. The molecule has 0 aliphatic carbocycles. The minimum atomic E-state index is -0.191. The normalized spacial score (nSPS) is 10.1. The van der Waals surface area contributed by atoms with Crippen molar-refractivity contribution in [3.05, 3.63) is 29.8 Å². The second-order valence-electron chi connectivity index (χ2n) is 4.69. The average molecular weight is 383 g/mol. The maximum Gasteiger partial charge on any atom is 0.248 e. The van der Waals surface area contributed by atoms with E-state index in [0.717, 1.165) is 5.69 Å². The van der Waals surface area contributed by atoms with Crippen molar-refractivity contribution in [2.24, 2.45) is 0 Å². The van der Waals surface area contributed by atoms with Gasteiger partial charge in [-0.2, -0.15) is 0 Å². The molecular weight excluding hydrogens is 364 g/mol. The smallest absolute Gasteiger partial charge is 0.248 e. The number of benzene rings is 1. The van der Waals surface area contributed by atoms with Crippen molar-refractivity contribution in [3.8, 4) is 0 Å². The first-order valence-corrected chi connectivity index (χ1v) is 9.40. The van der Waals surface area contributed by atoms with Crippen LogP contribution < -0.4 is 21.5 Å². The Labute approximate surface area is 154 Å². The third kappa shape index (κ3) is 6.30. The minimum Gasteiger partial charge on any atom is -0.362 e. The summed E-state index contributed by atoms with van der Waals surface area (Å²) in [5.74, 6) is 0.0319. The van der Waals surface area contributed by atoms with Gasteiger partial charge in [-0.05, 0) is 38.2 Å². The van der Waals surface area contributed by atoms with Gasteiger partial charge in [0.15, 0.2) is 9.45 Å². The summed E-state index contributed by atoms with van der Waals surface area (Å²) in [6.45, 7) is 4.65. The van der Waals surface area contributed by atoms with E-state index in [-0.39, 0.29) is 11.7 Å². The number of carbonyl (C=O) groups excluding carboxylic acids is 1. The van der Waals surface area contributed by atoms with Gasteiger partial charge in [-0.25, -0.2) is 0 Å². The predicted octanol–water partition coefficient (Wildman–Crippen LogP) is 2.20. The molecule has 1 amide bonds. The van der Waals surface area contributed by atoms with E-state index in [1.54, 1.807) is 0 Å². The Morgan fingerprint density at radius 2 is 2.00 bits per heavy atom. The zero-order valence-corrected chi connectivity index (χ0v) is 15.7. The van der Waals surface area contributed by atoms with E-state index in [1.807, 2.05) is 38.1 Å². The summed E-state index contributed by atoms with van der Waals surface area (Å²) < 4.78 is 0.717. The van der Waals surface area contributed by atoms with E-state index in [1.165, 1.54) is 28.7 Å². The molecule has 2 rings (SSSR count). The molecule has 1 heterocycles.